The summed E-state index contributed by atoms with van der Waals surface area (Å²) in [6.45, 7) is 5.83. The van der Waals surface area contributed by atoms with Crippen LogP contribution in [0.2, 0.25) is 0 Å². The Bertz CT molecular complexity index is 732. The van der Waals surface area contributed by atoms with E-state index < -0.39 is 79.2 Å². The first-order valence-corrected chi connectivity index (χ1v) is 9.46. The summed E-state index contributed by atoms with van der Waals surface area (Å²) in [4.78, 5) is 69.7. The lowest BCUT2D eigenvalue weighted by molar-refractivity contribution is -0.310. The third-order valence-corrected chi connectivity index (χ3v) is 3.85. The maximum atomic E-state index is 11.8. The molecule has 1 fully saturated rings. The highest BCUT2D eigenvalue weighted by Gasteiger charge is 2.56. The van der Waals surface area contributed by atoms with E-state index in [-0.39, 0.29) is 0 Å². The molecule has 0 radical (unpaired) electrons. The molecule has 0 aliphatic carbocycles. The van der Waals surface area contributed by atoms with Gasteiger partial charge >= 0.3 is 35.8 Å². The van der Waals surface area contributed by atoms with E-state index in [1.165, 1.54) is 0 Å². The standard InChI is InChI=1S/C19H26O13/c1-8(20)26-7-14(27-9(2)21)15-16(28-10(3)22)17(29-11(4)23)18(30-12(5)24)19(32-15)31-13(6)25/h14-19H,7H2,1-6H3/t14-,15?,16+,17?,18?,19+/m0/s1. The predicted octanol–water partition coefficient (Wildman–Crippen LogP) is -0.436. The zero-order chi connectivity index (χ0) is 24.6. The van der Waals surface area contributed by atoms with E-state index in [1.807, 2.05) is 0 Å². The summed E-state index contributed by atoms with van der Waals surface area (Å²) in [6.07, 6.45) is -9.05. The Kier molecular flexibility index (Phi) is 10.0. The van der Waals surface area contributed by atoms with Crippen LogP contribution in [0.3, 0.4) is 0 Å². The molecular weight excluding hydrogens is 436 g/mol. The Balaban J connectivity index is 3.52. The molecule has 1 aliphatic heterocycles. The minimum Gasteiger partial charge on any atom is -0.462 e. The van der Waals surface area contributed by atoms with E-state index in [0.29, 0.717) is 0 Å². The fraction of sp³-hybridized carbons (Fsp3) is 0.684. The van der Waals surface area contributed by atoms with Gasteiger partial charge in [0, 0.05) is 41.5 Å². The molecule has 13 nitrogen and oxygen atoms in total. The molecule has 1 aliphatic rings. The average Bonchev–Trinajstić information content (AvgIpc) is 2.61. The zero-order valence-electron chi connectivity index (χ0n) is 18.5. The number of hydrogen-bond donors (Lipinski definition) is 0. The summed E-state index contributed by atoms with van der Waals surface area (Å²) in [5, 5.41) is 0. The van der Waals surface area contributed by atoms with Crippen molar-refractivity contribution in [2.24, 2.45) is 0 Å². The van der Waals surface area contributed by atoms with E-state index in [0.717, 1.165) is 41.5 Å². The third-order valence-electron chi connectivity index (χ3n) is 3.85. The van der Waals surface area contributed by atoms with E-state index in [4.69, 9.17) is 33.2 Å². The molecule has 0 spiro atoms. The Morgan fingerprint density at radius 1 is 0.625 bits per heavy atom. The van der Waals surface area contributed by atoms with Gasteiger partial charge < -0.3 is 33.2 Å². The molecule has 3 unspecified atom stereocenters. The van der Waals surface area contributed by atoms with Crippen LogP contribution in [-0.2, 0) is 61.9 Å². The van der Waals surface area contributed by atoms with Crippen molar-refractivity contribution >= 4 is 35.8 Å². The third kappa shape index (κ3) is 8.49. The van der Waals surface area contributed by atoms with Gasteiger partial charge in [-0.05, 0) is 0 Å². The molecule has 0 aromatic heterocycles. The summed E-state index contributed by atoms with van der Waals surface area (Å²) < 4.78 is 36.4. The van der Waals surface area contributed by atoms with Crippen molar-refractivity contribution < 1.29 is 61.9 Å². The van der Waals surface area contributed by atoms with Crippen molar-refractivity contribution in [2.45, 2.75) is 78.4 Å². The van der Waals surface area contributed by atoms with E-state index in [2.05, 4.69) is 0 Å². The second-order valence-electron chi connectivity index (χ2n) is 6.75. The summed E-state index contributed by atoms with van der Waals surface area (Å²) in [5.41, 5.74) is 0. The van der Waals surface area contributed by atoms with Gasteiger partial charge in [-0.1, -0.05) is 0 Å². The van der Waals surface area contributed by atoms with Crippen molar-refractivity contribution in [3.63, 3.8) is 0 Å². The smallest absolute Gasteiger partial charge is 0.305 e. The van der Waals surface area contributed by atoms with Crippen molar-refractivity contribution in [1.29, 1.82) is 0 Å². The second kappa shape index (κ2) is 12.0. The van der Waals surface area contributed by atoms with Crippen LogP contribution >= 0.6 is 0 Å². The highest BCUT2D eigenvalue weighted by atomic mass is 16.7. The molecule has 1 rings (SSSR count). The molecule has 180 valence electrons. The Hall–Kier alpha value is -3.22. The molecule has 1 saturated heterocycles. The number of esters is 6. The number of rotatable bonds is 8. The van der Waals surface area contributed by atoms with Crippen LogP contribution < -0.4 is 0 Å². The van der Waals surface area contributed by atoms with Crippen molar-refractivity contribution in [2.75, 3.05) is 6.61 Å². The first kappa shape index (κ1) is 26.8. The molecule has 0 aromatic rings. The molecule has 0 bridgehead atoms. The fourth-order valence-corrected chi connectivity index (χ4v) is 2.97. The predicted molar refractivity (Wildman–Crippen MR) is 99.3 cm³/mol. The zero-order valence-corrected chi connectivity index (χ0v) is 18.5. The van der Waals surface area contributed by atoms with Crippen LogP contribution in [0.15, 0.2) is 0 Å². The van der Waals surface area contributed by atoms with Gasteiger partial charge in [-0.3, -0.25) is 28.8 Å². The van der Waals surface area contributed by atoms with Crippen molar-refractivity contribution in [3.05, 3.63) is 0 Å². The van der Waals surface area contributed by atoms with Gasteiger partial charge in [-0.15, -0.1) is 0 Å². The first-order chi connectivity index (χ1) is 14.8. The van der Waals surface area contributed by atoms with Gasteiger partial charge in [0.05, 0.1) is 0 Å². The van der Waals surface area contributed by atoms with Gasteiger partial charge in [-0.25, -0.2) is 0 Å². The van der Waals surface area contributed by atoms with Crippen LogP contribution in [0, 0.1) is 0 Å². The van der Waals surface area contributed by atoms with Gasteiger partial charge in [0.1, 0.15) is 12.7 Å². The molecule has 0 saturated carbocycles. The van der Waals surface area contributed by atoms with E-state index >= 15 is 0 Å². The Morgan fingerprint density at radius 2 is 1.09 bits per heavy atom. The summed E-state index contributed by atoms with van der Waals surface area (Å²) in [6, 6.07) is 0. The molecule has 13 heteroatoms. The monoisotopic (exact) mass is 462 g/mol. The van der Waals surface area contributed by atoms with Gasteiger partial charge in [0.15, 0.2) is 18.3 Å². The van der Waals surface area contributed by atoms with Crippen molar-refractivity contribution in [3.8, 4) is 0 Å². The lowest BCUT2D eigenvalue weighted by atomic mass is 9.94. The lowest BCUT2D eigenvalue weighted by Gasteiger charge is -2.45. The number of carbonyl (C=O) groups excluding carboxylic acids is 6. The molecular formula is C19H26O13. The van der Waals surface area contributed by atoms with Gasteiger partial charge in [0.25, 0.3) is 0 Å². The van der Waals surface area contributed by atoms with Crippen LogP contribution in [0.25, 0.3) is 0 Å². The van der Waals surface area contributed by atoms with E-state index in [9.17, 15) is 28.8 Å². The number of carbonyl (C=O) groups is 6. The SMILES string of the molecule is CC(=O)OC[C@H](OC(C)=O)C1O[C@@H](OC(C)=O)C(OC(C)=O)C(OC(C)=O)[C@@H]1OC(C)=O. The molecule has 6 atom stereocenters. The van der Waals surface area contributed by atoms with Crippen LogP contribution in [0.1, 0.15) is 41.5 Å². The van der Waals surface area contributed by atoms with E-state index in [1.54, 1.807) is 0 Å². The molecule has 0 amide bonds. The summed E-state index contributed by atoms with van der Waals surface area (Å²) in [5.74, 6) is -4.90. The largest absolute Gasteiger partial charge is 0.462 e. The van der Waals surface area contributed by atoms with Gasteiger partial charge in [-0.2, -0.15) is 0 Å². The maximum absolute atomic E-state index is 11.8. The molecule has 0 aromatic carbocycles. The van der Waals surface area contributed by atoms with Crippen molar-refractivity contribution in [1.82, 2.24) is 0 Å². The first-order valence-electron chi connectivity index (χ1n) is 9.46. The highest BCUT2D eigenvalue weighted by Crippen LogP contribution is 2.32. The normalized spacial score (nSPS) is 25.5. The number of ether oxygens (including phenoxy) is 7. The average molecular weight is 462 g/mol. The van der Waals surface area contributed by atoms with Crippen LogP contribution in [0.5, 0.6) is 0 Å². The maximum Gasteiger partial charge on any atom is 0.305 e. The second-order valence-corrected chi connectivity index (χ2v) is 6.75. The minimum atomic E-state index is -1.65. The Labute approximate surface area is 183 Å². The molecule has 0 N–H and O–H groups in total. The molecule has 32 heavy (non-hydrogen) atoms. The Morgan fingerprint density at radius 3 is 1.53 bits per heavy atom. The van der Waals surface area contributed by atoms with Crippen LogP contribution in [0.4, 0.5) is 0 Å². The topological polar surface area (TPSA) is 167 Å². The summed E-state index contributed by atoms with van der Waals surface area (Å²) >= 11 is 0. The minimum absolute atomic E-state index is 0.533. The number of hydrogen-bond acceptors (Lipinski definition) is 13. The quantitative estimate of drug-likeness (QED) is 0.337. The molecule has 1 heterocycles. The van der Waals surface area contributed by atoms with Gasteiger partial charge in [0.2, 0.25) is 12.4 Å². The van der Waals surface area contributed by atoms with Crippen LogP contribution in [-0.4, -0.2) is 79.2 Å². The fourth-order valence-electron chi connectivity index (χ4n) is 2.97. The lowest BCUT2D eigenvalue weighted by Crippen LogP contribution is -2.65. The highest BCUT2D eigenvalue weighted by molar-refractivity contribution is 5.69. The summed E-state index contributed by atoms with van der Waals surface area (Å²) in [7, 11) is 0.